The number of carbonyl (C=O) groups excluding carboxylic acids is 2. The van der Waals surface area contributed by atoms with E-state index >= 15 is 0 Å². The number of hydrogen-bond donors (Lipinski definition) is 1. The summed E-state index contributed by atoms with van der Waals surface area (Å²) in [7, 11) is 0. The fourth-order valence-corrected chi connectivity index (χ4v) is 3.57. The molecule has 0 fully saturated rings. The van der Waals surface area contributed by atoms with Gasteiger partial charge in [0.1, 0.15) is 5.25 Å². The number of benzene rings is 1. The summed E-state index contributed by atoms with van der Waals surface area (Å²) in [5.74, 6) is -0.0456. The zero-order valence-corrected chi connectivity index (χ0v) is 12.9. The molecule has 0 aliphatic carbocycles. The minimum Gasteiger partial charge on any atom is -0.310 e. The van der Waals surface area contributed by atoms with Crippen molar-refractivity contribution < 1.29 is 14.8 Å². The van der Waals surface area contributed by atoms with E-state index in [4.69, 9.17) is 0 Å². The summed E-state index contributed by atoms with van der Waals surface area (Å²) in [6.45, 7) is 2.80. The summed E-state index contributed by atoms with van der Waals surface area (Å²) in [6, 6.07) is 7.76. The van der Waals surface area contributed by atoms with Crippen molar-refractivity contribution in [2.75, 3.05) is 18.0 Å². The number of thioether (sulfide) groups is 1. The van der Waals surface area contributed by atoms with E-state index in [0.717, 1.165) is 29.8 Å². The summed E-state index contributed by atoms with van der Waals surface area (Å²) < 4.78 is 0. The van der Waals surface area contributed by atoms with Crippen molar-refractivity contribution in [1.82, 2.24) is 5.06 Å². The molecule has 5 nitrogen and oxygen atoms in total. The van der Waals surface area contributed by atoms with Gasteiger partial charge in [0.15, 0.2) is 0 Å². The Kier molecular flexibility index (Phi) is 5.64. The topological polar surface area (TPSA) is 60.9 Å². The van der Waals surface area contributed by atoms with Crippen molar-refractivity contribution in [2.24, 2.45) is 0 Å². The zero-order valence-electron chi connectivity index (χ0n) is 12.1. The van der Waals surface area contributed by atoms with E-state index in [1.165, 1.54) is 11.8 Å². The van der Waals surface area contributed by atoms with Crippen LogP contribution in [0.5, 0.6) is 0 Å². The number of hydroxylamine groups is 2. The second-order valence-corrected chi connectivity index (χ2v) is 6.24. The lowest BCUT2D eigenvalue weighted by Gasteiger charge is -2.34. The number of fused-ring (bicyclic) bond motifs is 1. The molecule has 1 unspecified atom stereocenters. The largest absolute Gasteiger partial charge is 0.310 e. The number of rotatable bonds is 7. The number of carbonyl (C=O) groups is 2. The molecule has 114 valence electrons. The van der Waals surface area contributed by atoms with E-state index in [2.05, 4.69) is 6.92 Å². The molecule has 6 heteroatoms. The highest BCUT2D eigenvalue weighted by Gasteiger charge is 2.33. The highest BCUT2D eigenvalue weighted by Crippen LogP contribution is 2.39. The van der Waals surface area contributed by atoms with Gasteiger partial charge in [0.2, 0.25) is 12.3 Å². The Morgan fingerprint density at radius 2 is 2.14 bits per heavy atom. The Labute approximate surface area is 128 Å². The quantitative estimate of drug-likeness (QED) is 0.364. The predicted molar refractivity (Wildman–Crippen MR) is 82.5 cm³/mol. The van der Waals surface area contributed by atoms with Crippen molar-refractivity contribution >= 4 is 29.8 Å². The molecule has 0 bridgehead atoms. The molecule has 1 atom stereocenters. The molecular weight excluding hydrogens is 288 g/mol. The van der Waals surface area contributed by atoms with E-state index in [1.54, 1.807) is 4.90 Å². The first kappa shape index (κ1) is 15.9. The molecule has 21 heavy (non-hydrogen) atoms. The molecule has 1 heterocycles. The van der Waals surface area contributed by atoms with Crippen LogP contribution in [0.25, 0.3) is 0 Å². The SMILES string of the molecule is CCCCCN1C(=O)C(CN(O)C=O)Sc2ccccc21. The highest BCUT2D eigenvalue weighted by atomic mass is 32.2. The number of unbranched alkanes of at least 4 members (excludes halogenated alkanes) is 2. The van der Waals surface area contributed by atoms with Crippen LogP contribution < -0.4 is 4.90 Å². The van der Waals surface area contributed by atoms with Gasteiger partial charge in [-0.15, -0.1) is 11.8 Å². The third-order valence-electron chi connectivity index (χ3n) is 3.43. The van der Waals surface area contributed by atoms with Gasteiger partial charge in [-0.1, -0.05) is 31.9 Å². The van der Waals surface area contributed by atoms with Gasteiger partial charge in [0.25, 0.3) is 0 Å². The number of nitrogens with zero attached hydrogens (tertiary/aromatic N) is 2. The molecule has 0 radical (unpaired) electrons. The normalized spacial score (nSPS) is 17.5. The maximum atomic E-state index is 12.6. The van der Waals surface area contributed by atoms with Crippen molar-refractivity contribution in [1.29, 1.82) is 0 Å². The molecule has 1 aromatic rings. The first-order valence-corrected chi connectivity index (χ1v) is 8.03. The van der Waals surface area contributed by atoms with Gasteiger partial charge in [0, 0.05) is 11.4 Å². The number of hydrogen-bond acceptors (Lipinski definition) is 4. The Morgan fingerprint density at radius 1 is 1.38 bits per heavy atom. The molecular formula is C15H20N2O3S. The Morgan fingerprint density at radius 3 is 2.86 bits per heavy atom. The van der Waals surface area contributed by atoms with Gasteiger partial charge in [-0.25, -0.2) is 5.06 Å². The van der Waals surface area contributed by atoms with Crippen LogP contribution in [0.15, 0.2) is 29.2 Å². The third-order valence-corrected chi connectivity index (χ3v) is 4.66. The lowest BCUT2D eigenvalue weighted by atomic mass is 10.2. The van der Waals surface area contributed by atoms with E-state index in [0.29, 0.717) is 18.0 Å². The minimum atomic E-state index is -0.461. The molecule has 1 aliphatic rings. The standard InChI is InChI=1S/C15H20N2O3S/c1-2-3-6-9-17-12-7-4-5-8-13(12)21-14(15(17)19)10-16(20)11-18/h4-5,7-8,11,14,20H,2-3,6,9-10H2,1H3. The average Bonchev–Trinajstić information content (AvgIpc) is 2.50. The molecule has 2 amide bonds. The van der Waals surface area contributed by atoms with Gasteiger partial charge in [0.05, 0.1) is 12.2 Å². The fourth-order valence-electron chi connectivity index (χ4n) is 2.35. The first-order chi connectivity index (χ1) is 10.2. The molecule has 0 spiro atoms. The molecule has 1 aromatic carbocycles. The van der Waals surface area contributed by atoms with E-state index in [1.807, 2.05) is 24.3 Å². The lowest BCUT2D eigenvalue weighted by molar-refractivity contribution is -0.150. The van der Waals surface area contributed by atoms with E-state index < -0.39 is 5.25 Å². The van der Waals surface area contributed by atoms with Gasteiger partial charge < -0.3 is 4.90 Å². The van der Waals surface area contributed by atoms with Crippen molar-refractivity contribution in [3.05, 3.63) is 24.3 Å². The molecule has 1 N–H and O–H groups in total. The molecule has 0 aromatic heterocycles. The van der Waals surface area contributed by atoms with Crippen LogP contribution in [0, 0.1) is 0 Å². The number of amides is 2. The summed E-state index contributed by atoms with van der Waals surface area (Å²) in [6.07, 6.45) is 3.45. The monoisotopic (exact) mass is 308 g/mol. The number of anilines is 1. The van der Waals surface area contributed by atoms with Crippen molar-refractivity contribution in [2.45, 2.75) is 36.3 Å². The second kappa shape index (κ2) is 7.47. The number of para-hydroxylation sites is 1. The fraction of sp³-hybridized carbons (Fsp3) is 0.467. The second-order valence-electron chi connectivity index (χ2n) is 5.00. The lowest BCUT2D eigenvalue weighted by Crippen LogP contribution is -2.45. The van der Waals surface area contributed by atoms with Crippen LogP contribution in [-0.4, -0.2) is 40.9 Å². The van der Waals surface area contributed by atoms with Gasteiger partial charge in [-0.05, 0) is 18.6 Å². The van der Waals surface area contributed by atoms with Crippen LogP contribution in [0.4, 0.5) is 5.69 Å². The highest BCUT2D eigenvalue weighted by molar-refractivity contribution is 8.01. The smallest absolute Gasteiger partial charge is 0.242 e. The average molecular weight is 308 g/mol. The maximum Gasteiger partial charge on any atom is 0.242 e. The predicted octanol–water partition coefficient (Wildman–Crippen LogP) is 2.53. The van der Waals surface area contributed by atoms with Crippen LogP contribution in [0.3, 0.4) is 0 Å². The first-order valence-electron chi connectivity index (χ1n) is 7.15. The molecule has 1 aliphatic heterocycles. The van der Waals surface area contributed by atoms with E-state index in [-0.39, 0.29) is 12.5 Å². The Balaban J connectivity index is 2.19. The molecule has 0 saturated heterocycles. The van der Waals surface area contributed by atoms with Gasteiger partial charge in [-0.2, -0.15) is 0 Å². The van der Waals surface area contributed by atoms with Crippen molar-refractivity contribution in [3.63, 3.8) is 0 Å². The van der Waals surface area contributed by atoms with Crippen LogP contribution in [-0.2, 0) is 9.59 Å². The molecule has 0 saturated carbocycles. The Bertz CT molecular complexity index is 509. The van der Waals surface area contributed by atoms with Gasteiger partial charge in [-0.3, -0.25) is 14.8 Å². The summed E-state index contributed by atoms with van der Waals surface area (Å²) >= 11 is 1.40. The minimum absolute atomic E-state index is 0.00557. The zero-order chi connectivity index (χ0) is 15.2. The molecule has 2 rings (SSSR count). The summed E-state index contributed by atoms with van der Waals surface area (Å²) in [5.41, 5.74) is 0.926. The van der Waals surface area contributed by atoms with Crippen LogP contribution >= 0.6 is 11.8 Å². The van der Waals surface area contributed by atoms with Gasteiger partial charge >= 0.3 is 0 Å². The van der Waals surface area contributed by atoms with E-state index in [9.17, 15) is 14.8 Å². The van der Waals surface area contributed by atoms with Crippen molar-refractivity contribution in [3.8, 4) is 0 Å². The summed E-state index contributed by atoms with van der Waals surface area (Å²) in [5, 5.41) is 9.43. The maximum absolute atomic E-state index is 12.6. The third kappa shape index (κ3) is 3.77. The Hall–Kier alpha value is -1.53. The van der Waals surface area contributed by atoms with Crippen LogP contribution in [0.1, 0.15) is 26.2 Å². The van der Waals surface area contributed by atoms with Crippen LogP contribution in [0.2, 0.25) is 0 Å². The summed E-state index contributed by atoms with van der Waals surface area (Å²) in [4.78, 5) is 25.9.